The predicted molar refractivity (Wildman–Crippen MR) is 126 cm³/mol. The van der Waals surface area contributed by atoms with Crippen LogP contribution in [0.25, 0.3) is 21.3 Å². The van der Waals surface area contributed by atoms with Crippen LogP contribution in [-0.4, -0.2) is 37.6 Å². The van der Waals surface area contributed by atoms with Crippen LogP contribution < -0.4 is 33.3 Å². The summed E-state index contributed by atoms with van der Waals surface area (Å²) in [6, 6.07) is 7.13. The largest absolute Gasteiger partial charge is 0.382 e. The number of hydrazone groups is 1. The maximum atomic E-state index is 13.2. The number of sulfone groups is 1. The molecule has 164 valence electrons. The molecule has 0 atom stereocenters. The molecule has 0 saturated carbocycles. The molecule has 0 bridgehead atoms. The number of hydrazine groups is 1. The van der Waals surface area contributed by atoms with Gasteiger partial charge in [-0.2, -0.15) is 0 Å². The van der Waals surface area contributed by atoms with Crippen molar-refractivity contribution in [3.05, 3.63) is 35.4 Å². The molecular weight excluding hydrogens is 456 g/mol. The van der Waals surface area contributed by atoms with Crippen LogP contribution in [0.5, 0.6) is 0 Å². The highest BCUT2D eigenvalue weighted by Gasteiger charge is 2.36. The lowest BCUT2D eigenvalue weighted by molar-refractivity contribution is 0.494. The highest BCUT2D eigenvalue weighted by Crippen LogP contribution is 2.41. The third kappa shape index (κ3) is 3.62. The van der Waals surface area contributed by atoms with E-state index in [-0.39, 0.29) is 10.7 Å². The van der Waals surface area contributed by atoms with Gasteiger partial charge >= 0.3 is 0 Å². The van der Waals surface area contributed by atoms with Crippen LogP contribution in [-0.2, 0) is 9.84 Å². The summed E-state index contributed by atoms with van der Waals surface area (Å²) in [4.78, 5) is 4.85. The average Bonchev–Trinajstić information content (AvgIpc) is 3.08. The zero-order valence-corrected chi connectivity index (χ0v) is 19.0. The first-order chi connectivity index (χ1) is 14.8. The Balaban J connectivity index is 2.04. The maximum Gasteiger partial charge on any atom is 0.184 e. The van der Waals surface area contributed by atoms with Crippen molar-refractivity contribution < 1.29 is 8.42 Å². The van der Waals surface area contributed by atoms with Crippen molar-refractivity contribution >= 4 is 54.3 Å². The van der Waals surface area contributed by atoms with Crippen LogP contribution >= 0.6 is 23.3 Å². The van der Waals surface area contributed by atoms with Gasteiger partial charge in [0.2, 0.25) is 0 Å². The summed E-state index contributed by atoms with van der Waals surface area (Å²) < 4.78 is 27.2. The minimum atomic E-state index is -3.62. The molecule has 13 heteroatoms. The van der Waals surface area contributed by atoms with E-state index in [1.165, 1.54) is 11.3 Å². The quantitative estimate of drug-likeness (QED) is 0.0965. The Morgan fingerprint density at radius 3 is 2.61 bits per heavy atom. The fraction of sp³-hybridized carbons (Fsp3) is 0.222. The van der Waals surface area contributed by atoms with Crippen LogP contribution in [0.15, 0.2) is 39.2 Å². The van der Waals surface area contributed by atoms with E-state index in [2.05, 4.69) is 20.9 Å². The molecular formula is C18H22N8O2S3. The van der Waals surface area contributed by atoms with E-state index in [4.69, 9.17) is 22.4 Å². The number of benzene rings is 2. The van der Waals surface area contributed by atoms with Crippen LogP contribution in [0, 0.1) is 6.92 Å². The number of fused-ring (bicyclic) bond motifs is 1. The van der Waals surface area contributed by atoms with E-state index < -0.39 is 15.1 Å². The lowest BCUT2D eigenvalue weighted by atomic mass is 9.97. The molecule has 1 aliphatic heterocycles. The van der Waals surface area contributed by atoms with E-state index in [0.29, 0.717) is 34.2 Å². The van der Waals surface area contributed by atoms with Gasteiger partial charge in [0, 0.05) is 24.2 Å². The van der Waals surface area contributed by atoms with Crippen molar-refractivity contribution in [2.45, 2.75) is 22.0 Å². The lowest BCUT2D eigenvalue weighted by Crippen LogP contribution is -2.51. The number of thiazole rings is 1. The summed E-state index contributed by atoms with van der Waals surface area (Å²) in [6.45, 7) is 2.73. The number of aryl methyl sites for hydroxylation is 1. The highest BCUT2D eigenvalue weighted by atomic mass is 32.2. The fourth-order valence-corrected chi connectivity index (χ4v) is 7.13. The Hall–Kier alpha value is -2.42. The minimum Gasteiger partial charge on any atom is -0.382 e. The second-order valence-corrected chi connectivity index (χ2v) is 10.9. The van der Waals surface area contributed by atoms with Gasteiger partial charge in [-0.3, -0.25) is 5.14 Å². The van der Waals surface area contributed by atoms with Crippen LogP contribution in [0.1, 0.15) is 11.1 Å². The number of nitrogens with zero attached hydrogens (tertiary/aromatic N) is 2. The molecule has 0 unspecified atom stereocenters. The number of nitrogens with one attached hydrogen (secondary N) is 2. The van der Waals surface area contributed by atoms with E-state index in [1.807, 2.05) is 19.1 Å². The molecule has 1 aliphatic rings. The van der Waals surface area contributed by atoms with E-state index >= 15 is 0 Å². The summed E-state index contributed by atoms with van der Waals surface area (Å²) in [7, 11) is -3.62. The van der Waals surface area contributed by atoms with E-state index in [0.717, 1.165) is 33.3 Å². The molecule has 0 radical (unpaired) electrons. The van der Waals surface area contributed by atoms with E-state index in [9.17, 15) is 8.42 Å². The Kier molecular flexibility index (Phi) is 5.81. The molecule has 1 fully saturated rings. The summed E-state index contributed by atoms with van der Waals surface area (Å²) in [5.41, 5.74) is 18.0. The number of hydrogen-bond acceptors (Lipinski definition) is 11. The van der Waals surface area contributed by atoms with Crippen molar-refractivity contribution in [2.75, 3.05) is 18.8 Å². The molecule has 31 heavy (non-hydrogen) atoms. The Morgan fingerprint density at radius 2 is 2.00 bits per heavy atom. The average molecular weight is 479 g/mol. The predicted octanol–water partition coefficient (Wildman–Crippen LogP) is 0.649. The van der Waals surface area contributed by atoms with Gasteiger partial charge < -0.3 is 16.8 Å². The Labute approximate surface area is 187 Å². The second-order valence-electron chi connectivity index (χ2n) is 7.04. The second kappa shape index (κ2) is 8.26. The van der Waals surface area contributed by atoms with Gasteiger partial charge in [-0.25, -0.2) is 24.8 Å². The van der Waals surface area contributed by atoms with Gasteiger partial charge in [0.25, 0.3) is 0 Å². The summed E-state index contributed by atoms with van der Waals surface area (Å²) in [5.74, 6) is 5.37. The topological polar surface area (TPSA) is 188 Å². The molecule has 0 amide bonds. The number of amidine groups is 1. The van der Waals surface area contributed by atoms with Crippen molar-refractivity contribution in [3.8, 4) is 11.1 Å². The number of rotatable bonds is 6. The summed E-state index contributed by atoms with van der Waals surface area (Å²) >= 11 is 2.16. The molecule has 4 rings (SSSR count). The zero-order valence-electron chi connectivity index (χ0n) is 16.5. The van der Waals surface area contributed by atoms with Crippen molar-refractivity contribution in [1.29, 1.82) is 0 Å². The molecule has 10 nitrogen and oxygen atoms in total. The van der Waals surface area contributed by atoms with Crippen LogP contribution in [0.4, 0.5) is 5.13 Å². The van der Waals surface area contributed by atoms with Crippen molar-refractivity contribution in [1.82, 2.24) is 15.8 Å². The Bertz CT molecular complexity index is 1300. The zero-order chi connectivity index (χ0) is 22.3. The van der Waals surface area contributed by atoms with Gasteiger partial charge in [-0.05, 0) is 36.1 Å². The molecule has 1 aromatic heterocycles. The monoisotopic (exact) mass is 478 g/mol. The van der Waals surface area contributed by atoms with Crippen LogP contribution in [0.2, 0.25) is 0 Å². The van der Waals surface area contributed by atoms with Crippen molar-refractivity contribution in [3.63, 3.8) is 0 Å². The van der Waals surface area contributed by atoms with Crippen molar-refractivity contribution in [2.24, 2.45) is 21.8 Å². The van der Waals surface area contributed by atoms with Gasteiger partial charge in [-0.15, -0.1) is 5.10 Å². The molecule has 3 aromatic rings. The number of hydrogen-bond donors (Lipinski definition) is 6. The normalized spacial score (nSPS) is 15.3. The van der Waals surface area contributed by atoms with Gasteiger partial charge in [0.05, 0.1) is 25.3 Å². The molecule has 2 heterocycles. The standard InChI is InChI=1S/C18H22N8O2S3/c1-8-2-3-11(15-14(8)24-18(20)29-15)10-4-5-12(31(27,28)9-6-23-7-9)16(30-22)13(10)17(19)25-26-21/h2-5,9,23,26H,6-7,21-22H2,1H3,(H2,19,25)(H2,20,24). The molecule has 1 saturated heterocycles. The lowest BCUT2D eigenvalue weighted by Gasteiger charge is -2.28. The highest BCUT2D eigenvalue weighted by molar-refractivity contribution is 7.98. The minimum absolute atomic E-state index is 0.0143. The maximum absolute atomic E-state index is 13.2. The first kappa shape index (κ1) is 21.8. The fourth-order valence-electron chi connectivity index (χ4n) is 3.53. The SMILES string of the molecule is Cc1ccc(-c2ccc(S(=O)(=O)C3CNC3)c(SN)c2/C(N)=N/NN)c2sc(N)nc12. The van der Waals surface area contributed by atoms with E-state index in [1.54, 1.807) is 12.1 Å². The number of nitrogens with two attached hydrogens (primary N) is 4. The third-order valence-corrected chi connectivity index (χ3v) is 9.09. The Morgan fingerprint density at radius 1 is 1.29 bits per heavy atom. The first-order valence-electron chi connectivity index (χ1n) is 9.23. The smallest absolute Gasteiger partial charge is 0.184 e. The number of aromatic nitrogens is 1. The molecule has 2 aromatic carbocycles. The number of nitrogen functional groups attached to an aromatic ring is 1. The van der Waals surface area contributed by atoms with Gasteiger partial charge in [-0.1, -0.05) is 29.5 Å². The molecule has 10 N–H and O–H groups in total. The van der Waals surface area contributed by atoms with Gasteiger partial charge in [0.15, 0.2) is 20.8 Å². The molecule has 0 spiro atoms. The van der Waals surface area contributed by atoms with Crippen LogP contribution in [0.3, 0.4) is 0 Å². The summed E-state index contributed by atoms with van der Waals surface area (Å²) in [6.07, 6.45) is 0. The van der Waals surface area contributed by atoms with Gasteiger partial charge in [0.1, 0.15) is 0 Å². The summed E-state index contributed by atoms with van der Waals surface area (Å²) in [5, 5.41) is 12.8. The molecule has 0 aliphatic carbocycles. The third-order valence-electron chi connectivity index (χ3n) is 5.22. The number of anilines is 1. The first-order valence-corrected chi connectivity index (χ1v) is 12.5.